The summed E-state index contributed by atoms with van der Waals surface area (Å²) in [6.45, 7) is 5.92. The van der Waals surface area contributed by atoms with Gasteiger partial charge in [0.25, 0.3) is 0 Å². The third kappa shape index (κ3) is 2.34. The number of fused-ring (bicyclic) bond motifs is 1. The predicted octanol–water partition coefficient (Wildman–Crippen LogP) is 1.06. The lowest BCUT2D eigenvalue weighted by Gasteiger charge is -2.32. The second-order valence-corrected chi connectivity index (χ2v) is 5.91. The monoisotopic (exact) mass is 287 g/mol. The lowest BCUT2D eigenvalue weighted by Crippen LogP contribution is -2.44. The molecule has 6 nitrogen and oxygen atoms in total. The zero-order valence-electron chi connectivity index (χ0n) is 12.1. The van der Waals surface area contributed by atoms with E-state index >= 15 is 0 Å². The molecule has 1 aromatic carbocycles. The quantitative estimate of drug-likeness (QED) is 0.808. The van der Waals surface area contributed by atoms with E-state index in [1.165, 1.54) is 6.42 Å². The van der Waals surface area contributed by atoms with Crippen LogP contribution >= 0.6 is 0 Å². The number of benzene rings is 1. The number of morpholine rings is 1. The maximum atomic E-state index is 6.23. The Morgan fingerprint density at radius 1 is 1.24 bits per heavy atom. The lowest BCUT2D eigenvalue weighted by molar-refractivity contribution is 0.0209. The van der Waals surface area contributed by atoms with Crippen LogP contribution in [-0.2, 0) is 4.74 Å². The maximum absolute atomic E-state index is 6.23. The van der Waals surface area contributed by atoms with Gasteiger partial charge >= 0.3 is 0 Å². The fourth-order valence-corrected chi connectivity index (χ4v) is 3.47. The number of nitrogens with two attached hydrogens (primary N) is 1. The van der Waals surface area contributed by atoms with Gasteiger partial charge in [0, 0.05) is 37.6 Å². The average Bonchev–Trinajstić information content (AvgIpc) is 3.15. The summed E-state index contributed by atoms with van der Waals surface area (Å²) in [6, 6.07) is 4.75. The molecular weight excluding hydrogens is 266 g/mol. The molecule has 0 spiro atoms. The SMILES string of the molecule is Nc1cc2cn[nH]c2cc1N1CCC(N2CCOCC2)C1. The number of ether oxygens (including phenoxy) is 1. The molecule has 1 atom stereocenters. The van der Waals surface area contributed by atoms with Crippen molar-refractivity contribution in [3.8, 4) is 0 Å². The van der Waals surface area contributed by atoms with Crippen molar-refractivity contribution >= 4 is 22.3 Å². The Morgan fingerprint density at radius 2 is 2.10 bits per heavy atom. The van der Waals surface area contributed by atoms with Crippen molar-refractivity contribution in [3.05, 3.63) is 18.3 Å². The molecule has 4 rings (SSSR count). The lowest BCUT2D eigenvalue weighted by atomic mass is 10.2. The van der Waals surface area contributed by atoms with Crippen molar-refractivity contribution in [1.29, 1.82) is 0 Å². The fraction of sp³-hybridized carbons (Fsp3) is 0.533. The summed E-state index contributed by atoms with van der Waals surface area (Å²) in [5.41, 5.74) is 9.25. The molecule has 0 radical (unpaired) electrons. The molecule has 112 valence electrons. The molecule has 3 N–H and O–H groups in total. The number of rotatable bonds is 2. The van der Waals surface area contributed by atoms with Gasteiger partial charge in [0.1, 0.15) is 0 Å². The van der Waals surface area contributed by atoms with E-state index in [4.69, 9.17) is 10.5 Å². The van der Waals surface area contributed by atoms with Crippen molar-refractivity contribution in [2.45, 2.75) is 12.5 Å². The summed E-state index contributed by atoms with van der Waals surface area (Å²) in [4.78, 5) is 4.95. The number of hydrogen-bond donors (Lipinski definition) is 2. The highest BCUT2D eigenvalue weighted by Gasteiger charge is 2.29. The van der Waals surface area contributed by atoms with Gasteiger partial charge in [0.2, 0.25) is 0 Å². The van der Waals surface area contributed by atoms with Gasteiger partial charge in [-0.3, -0.25) is 10.00 Å². The first-order valence-electron chi connectivity index (χ1n) is 7.60. The molecule has 0 aliphatic carbocycles. The van der Waals surface area contributed by atoms with Crippen molar-refractivity contribution in [2.75, 3.05) is 50.0 Å². The van der Waals surface area contributed by atoms with Gasteiger partial charge in [-0.25, -0.2) is 0 Å². The minimum Gasteiger partial charge on any atom is -0.397 e. The highest BCUT2D eigenvalue weighted by Crippen LogP contribution is 2.31. The van der Waals surface area contributed by atoms with Crippen LogP contribution in [0.4, 0.5) is 11.4 Å². The molecular formula is C15H21N5O. The van der Waals surface area contributed by atoms with Crippen LogP contribution in [0.1, 0.15) is 6.42 Å². The first-order valence-corrected chi connectivity index (χ1v) is 7.60. The van der Waals surface area contributed by atoms with E-state index in [1.54, 1.807) is 0 Å². The first kappa shape index (κ1) is 12.9. The second kappa shape index (κ2) is 5.20. The molecule has 2 aliphatic rings. The number of aromatic nitrogens is 2. The molecule has 0 bridgehead atoms. The number of nitrogens with one attached hydrogen (secondary N) is 1. The van der Waals surface area contributed by atoms with Crippen LogP contribution in [0.5, 0.6) is 0 Å². The summed E-state index contributed by atoms with van der Waals surface area (Å²) >= 11 is 0. The van der Waals surface area contributed by atoms with Gasteiger partial charge in [-0.15, -0.1) is 0 Å². The topological polar surface area (TPSA) is 70.4 Å². The average molecular weight is 287 g/mol. The van der Waals surface area contributed by atoms with E-state index in [2.05, 4.69) is 26.1 Å². The minimum absolute atomic E-state index is 0.616. The van der Waals surface area contributed by atoms with Gasteiger partial charge in [0.05, 0.1) is 36.3 Å². The summed E-state index contributed by atoms with van der Waals surface area (Å²) in [6.07, 6.45) is 3.01. The predicted molar refractivity (Wildman–Crippen MR) is 83.5 cm³/mol. The standard InChI is InChI=1S/C15H21N5O/c16-13-7-11-9-17-18-14(11)8-15(13)20-2-1-12(10-20)19-3-5-21-6-4-19/h7-9,12H,1-6,10,16H2,(H,17,18). The Hall–Kier alpha value is -1.79. The zero-order chi connectivity index (χ0) is 14.2. The normalized spacial score (nSPS) is 24.0. The van der Waals surface area contributed by atoms with Crippen molar-refractivity contribution in [2.24, 2.45) is 0 Å². The second-order valence-electron chi connectivity index (χ2n) is 5.91. The third-order valence-corrected chi connectivity index (χ3v) is 4.65. The van der Waals surface area contributed by atoms with Crippen molar-refractivity contribution in [3.63, 3.8) is 0 Å². The highest BCUT2D eigenvalue weighted by atomic mass is 16.5. The van der Waals surface area contributed by atoms with E-state index in [0.29, 0.717) is 6.04 Å². The zero-order valence-corrected chi connectivity index (χ0v) is 12.1. The molecule has 0 saturated carbocycles. The highest BCUT2D eigenvalue weighted by molar-refractivity contribution is 5.89. The fourth-order valence-electron chi connectivity index (χ4n) is 3.47. The summed E-state index contributed by atoms with van der Waals surface area (Å²) in [7, 11) is 0. The molecule has 1 aromatic heterocycles. The molecule has 2 fully saturated rings. The van der Waals surface area contributed by atoms with Crippen molar-refractivity contribution in [1.82, 2.24) is 15.1 Å². The Kier molecular flexibility index (Phi) is 3.20. The van der Waals surface area contributed by atoms with E-state index in [9.17, 15) is 0 Å². The number of nitrogen functional groups attached to an aromatic ring is 1. The summed E-state index contributed by atoms with van der Waals surface area (Å²) < 4.78 is 5.44. The maximum Gasteiger partial charge on any atom is 0.0672 e. The molecule has 2 aromatic rings. The molecule has 3 heterocycles. The van der Waals surface area contributed by atoms with Crippen LogP contribution in [0.25, 0.3) is 10.9 Å². The van der Waals surface area contributed by atoms with Crippen LogP contribution in [-0.4, -0.2) is 60.5 Å². The Balaban J connectivity index is 1.54. The largest absolute Gasteiger partial charge is 0.397 e. The molecule has 2 saturated heterocycles. The van der Waals surface area contributed by atoms with Gasteiger partial charge in [-0.05, 0) is 18.6 Å². The van der Waals surface area contributed by atoms with Crippen LogP contribution in [0.3, 0.4) is 0 Å². The van der Waals surface area contributed by atoms with E-state index in [1.807, 2.05) is 12.3 Å². The van der Waals surface area contributed by atoms with Gasteiger partial charge in [0.15, 0.2) is 0 Å². The Bertz CT molecular complexity index is 634. The van der Waals surface area contributed by atoms with Gasteiger partial charge in [-0.1, -0.05) is 0 Å². The third-order valence-electron chi connectivity index (χ3n) is 4.65. The number of aromatic amines is 1. The molecule has 21 heavy (non-hydrogen) atoms. The summed E-state index contributed by atoms with van der Waals surface area (Å²) in [5, 5.41) is 8.17. The molecule has 1 unspecified atom stereocenters. The van der Waals surface area contributed by atoms with Gasteiger partial charge in [-0.2, -0.15) is 5.10 Å². The Labute approximate surface area is 123 Å². The molecule has 6 heteroatoms. The Morgan fingerprint density at radius 3 is 2.95 bits per heavy atom. The van der Waals surface area contributed by atoms with E-state index in [0.717, 1.165) is 61.7 Å². The number of hydrogen-bond acceptors (Lipinski definition) is 5. The van der Waals surface area contributed by atoms with Crippen molar-refractivity contribution < 1.29 is 4.74 Å². The molecule has 2 aliphatic heterocycles. The molecule has 0 amide bonds. The van der Waals surface area contributed by atoms with E-state index in [-0.39, 0.29) is 0 Å². The number of anilines is 2. The van der Waals surface area contributed by atoms with E-state index < -0.39 is 0 Å². The number of nitrogens with zero attached hydrogens (tertiary/aromatic N) is 3. The number of H-pyrrole nitrogens is 1. The van der Waals surface area contributed by atoms with Crippen LogP contribution in [0, 0.1) is 0 Å². The smallest absolute Gasteiger partial charge is 0.0672 e. The van der Waals surface area contributed by atoms with Gasteiger partial charge < -0.3 is 15.4 Å². The summed E-state index contributed by atoms with van der Waals surface area (Å²) in [5.74, 6) is 0. The van der Waals surface area contributed by atoms with Crippen LogP contribution in [0.15, 0.2) is 18.3 Å². The first-order chi connectivity index (χ1) is 10.3. The van der Waals surface area contributed by atoms with Crippen LogP contribution < -0.4 is 10.6 Å². The van der Waals surface area contributed by atoms with Crippen LogP contribution in [0.2, 0.25) is 0 Å². The minimum atomic E-state index is 0.616.